The molecular weight excluding hydrogens is 320 g/mol. The Kier molecular flexibility index (Phi) is 4.66. The van der Waals surface area contributed by atoms with E-state index in [4.69, 9.17) is 0 Å². The highest BCUT2D eigenvalue weighted by Crippen LogP contribution is 2.34. The maximum atomic E-state index is 13.8. The number of halogens is 2. The Balaban J connectivity index is 1.72. The number of rotatable bonds is 3. The first-order chi connectivity index (χ1) is 11.1. The summed E-state index contributed by atoms with van der Waals surface area (Å²) in [7, 11) is 0. The van der Waals surface area contributed by atoms with Crippen molar-refractivity contribution >= 4 is 17.2 Å². The summed E-state index contributed by atoms with van der Waals surface area (Å²) in [6.07, 6.45) is 2.20. The highest BCUT2D eigenvalue weighted by atomic mass is 32.1. The monoisotopic (exact) mass is 337 g/mol. The number of amides is 1. The average Bonchev–Trinajstić information content (AvgIpc) is 3.04. The Morgan fingerprint density at radius 2 is 2.04 bits per heavy atom. The molecule has 2 heterocycles. The van der Waals surface area contributed by atoms with E-state index in [0.29, 0.717) is 11.4 Å². The van der Waals surface area contributed by atoms with Gasteiger partial charge in [0.1, 0.15) is 16.6 Å². The van der Waals surface area contributed by atoms with Gasteiger partial charge < -0.3 is 4.90 Å². The van der Waals surface area contributed by atoms with Gasteiger partial charge in [0.2, 0.25) is 5.91 Å². The molecule has 1 aromatic heterocycles. The molecule has 0 unspecified atom stereocenters. The van der Waals surface area contributed by atoms with Gasteiger partial charge in [0.05, 0.1) is 0 Å². The van der Waals surface area contributed by atoms with E-state index >= 15 is 0 Å². The first-order valence-electron chi connectivity index (χ1n) is 7.65. The summed E-state index contributed by atoms with van der Waals surface area (Å²) in [6.45, 7) is 3.30. The lowest BCUT2D eigenvalue weighted by Gasteiger charge is -2.30. The van der Waals surface area contributed by atoms with Crippen LogP contribution in [0, 0.1) is 11.6 Å². The van der Waals surface area contributed by atoms with Gasteiger partial charge in [0, 0.05) is 37.1 Å². The maximum Gasteiger partial charge on any atom is 0.222 e. The van der Waals surface area contributed by atoms with Crippen molar-refractivity contribution in [2.45, 2.75) is 32.1 Å². The molecule has 2 aromatic rings. The summed E-state index contributed by atoms with van der Waals surface area (Å²) in [5.74, 6) is -0.819. The summed E-state index contributed by atoms with van der Waals surface area (Å²) in [4.78, 5) is 13.6. The van der Waals surface area contributed by atoms with E-state index in [0.717, 1.165) is 37.0 Å². The summed E-state index contributed by atoms with van der Waals surface area (Å²) in [5.41, 5.74) is 0.272. The molecule has 1 fully saturated rings. The van der Waals surface area contributed by atoms with E-state index in [2.05, 4.69) is 10.2 Å². The molecule has 1 aliphatic heterocycles. The largest absolute Gasteiger partial charge is 0.343 e. The van der Waals surface area contributed by atoms with Crippen LogP contribution in [0.3, 0.4) is 0 Å². The topological polar surface area (TPSA) is 46.1 Å². The first kappa shape index (κ1) is 16.0. The molecule has 1 amide bonds. The Hall–Kier alpha value is -1.89. The number of piperidine rings is 1. The molecule has 4 nitrogen and oxygen atoms in total. The molecule has 1 aromatic carbocycles. The lowest BCUT2D eigenvalue weighted by Crippen LogP contribution is -2.37. The summed E-state index contributed by atoms with van der Waals surface area (Å²) >= 11 is 1.34. The van der Waals surface area contributed by atoms with Crippen molar-refractivity contribution in [1.82, 2.24) is 15.1 Å². The Morgan fingerprint density at radius 1 is 1.30 bits per heavy atom. The van der Waals surface area contributed by atoms with Crippen molar-refractivity contribution in [1.29, 1.82) is 0 Å². The fourth-order valence-electron chi connectivity index (χ4n) is 2.77. The van der Waals surface area contributed by atoms with Gasteiger partial charge in [-0.25, -0.2) is 8.78 Å². The maximum absolute atomic E-state index is 13.8. The third-order valence-corrected chi connectivity index (χ3v) is 5.22. The average molecular weight is 337 g/mol. The second-order valence-corrected chi connectivity index (χ2v) is 6.59. The van der Waals surface area contributed by atoms with Crippen molar-refractivity contribution in [3.63, 3.8) is 0 Å². The van der Waals surface area contributed by atoms with Gasteiger partial charge in [-0.2, -0.15) is 0 Å². The SMILES string of the molecule is CCC(=O)N1CCC(c2nnc(-c3ccc(F)cc3F)s2)CC1. The van der Waals surface area contributed by atoms with Crippen molar-refractivity contribution in [3.8, 4) is 10.6 Å². The molecule has 1 aliphatic rings. The predicted octanol–water partition coefficient (Wildman–Crippen LogP) is 3.60. The summed E-state index contributed by atoms with van der Waals surface area (Å²) < 4.78 is 26.8. The third kappa shape index (κ3) is 3.39. The zero-order chi connectivity index (χ0) is 16.4. The van der Waals surface area contributed by atoms with Crippen LogP contribution in [0.4, 0.5) is 8.78 Å². The molecular formula is C16H17F2N3OS. The number of benzene rings is 1. The highest BCUT2D eigenvalue weighted by Gasteiger charge is 2.26. The van der Waals surface area contributed by atoms with E-state index in [9.17, 15) is 13.6 Å². The zero-order valence-corrected chi connectivity index (χ0v) is 13.6. The minimum absolute atomic E-state index is 0.176. The number of carbonyl (C=O) groups is 1. The lowest BCUT2D eigenvalue weighted by atomic mass is 9.97. The van der Waals surface area contributed by atoms with Gasteiger partial charge >= 0.3 is 0 Å². The van der Waals surface area contributed by atoms with Gasteiger partial charge in [0.15, 0.2) is 5.01 Å². The van der Waals surface area contributed by atoms with Gasteiger partial charge in [0.25, 0.3) is 0 Å². The molecule has 3 rings (SSSR count). The van der Waals surface area contributed by atoms with Crippen LogP contribution in [0.25, 0.3) is 10.6 Å². The number of likely N-dealkylation sites (tertiary alicyclic amines) is 1. The van der Waals surface area contributed by atoms with E-state index in [1.165, 1.54) is 23.5 Å². The minimum atomic E-state index is -0.629. The third-order valence-electron chi connectivity index (χ3n) is 4.10. The number of hydrogen-bond donors (Lipinski definition) is 0. The van der Waals surface area contributed by atoms with E-state index in [1.54, 1.807) is 0 Å². The van der Waals surface area contributed by atoms with Crippen molar-refractivity contribution < 1.29 is 13.6 Å². The standard InChI is InChI=1S/C16H17F2N3OS/c1-2-14(22)21-7-5-10(6-8-21)15-19-20-16(23-15)12-4-3-11(17)9-13(12)18/h3-4,9-10H,2,5-8H2,1H3. The molecule has 122 valence electrons. The molecule has 1 saturated heterocycles. The molecule has 0 N–H and O–H groups in total. The Bertz CT molecular complexity index is 711. The van der Waals surface area contributed by atoms with Crippen LogP contribution >= 0.6 is 11.3 Å². The minimum Gasteiger partial charge on any atom is -0.343 e. The van der Waals surface area contributed by atoms with Crippen LogP contribution in [-0.2, 0) is 4.79 Å². The first-order valence-corrected chi connectivity index (χ1v) is 8.46. The van der Waals surface area contributed by atoms with Gasteiger partial charge in [-0.1, -0.05) is 18.3 Å². The molecule has 0 bridgehead atoms. The van der Waals surface area contributed by atoms with Crippen LogP contribution in [0.5, 0.6) is 0 Å². The second-order valence-electron chi connectivity index (χ2n) is 5.58. The summed E-state index contributed by atoms with van der Waals surface area (Å²) in [5, 5.41) is 9.54. The number of nitrogens with zero attached hydrogens (tertiary/aromatic N) is 3. The van der Waals surface area contributed by atoms with E-state index in [-0.39, 0.29) is 17.4 Å². The number of hydrogen-bond acceptors (Lipinski definition) is 4. The number of carbonyl (C=O) groups excluding carboxylic acids is 1. The van der Waals surface area contributed by atoms with Gasteiger partial charge in [-0.15, -0.1) is 10.2 Å². The normalized spacial score (nSPS) is 15.9. The van der Waals surface area contributed by atoms with Gasteiger partial charge in [-0.3, -0.25) is 4.79 Å². The smallest absolute Gasteiger partial charge is 0.222 e. The summed E-state index contributed by atoms with van der Waals surface area (Å²) in [6, 6.07) is 3.46. The predicted molar refractivity (Wildman–Crippen MR) is 84.1 cm³/mol. The van der Waals surface area contributed by atoms with E-state index in [1.807, 2.05) is 11.8 Å². The molecule has 23 heavy (non-hydrogen) atoms. The van der Waals surface area contributed by atoms with Crippen molar-refractivity contribution in [2.24, 2.45) is 0 Å². The quantitative estimate of drug-likeness (QED) is 0.860. The van der Waals surface area contributed by atoms with Crippen molar-refractivity contribution in [2.75, 3.05) is 13.1 Å². The van der Waals surface area contributed by atoms with E-state index < -0.39 is 11.6 Å². The van der Waals surface area contributed by atoms with Crippen LogP contribution in [0.15, 0.2) is 18.2 Å². The van der Waals surface area contributed by atoms with Crippen LogP contribution in [-0.4, -0.2) is 34.1 Å². The van der Waals surface area contributed by atoms with Crippen LogP contribution in [0.2, 0.25) is 0 Å². The Morgan fingerprint density at radius 3 is 2.70 bits per heavy atom. The Labute approximate surface area is 137 Å². The molecule has 0 saturated carbocycles. The highest BCUT2D eigenvalue weighted by molar-refractivity contribution is 7.14. The molecule has 0 atom stereocenters. The van der Waals surface area contributed by atoms with Gasteiger partial charge in [-0.05, 0) is 25.0 Å². The fourth-order valence-corrected chi connectivity index (χ4v) is 3.81. The zero-order valence-electron chi connectivity index (χ0n) is 12.8. The lowest BCUT2D eigenvalue weighted by molar-refractivity contribution is -0.131. The molecule has 0 aliphatic carbocycles. The number of aromatic nitrogens is 2. The molecule has 0 radical (unpaired) electrons. The van der Waals surface area contributed by atoms with Crippen LogP contribution < -0.4 is 0 Å². The molecule has 0 spiro atoms. The fraction of sp³-hybridized carbons (Fsp3) is 0.438. The van der Waals surface area contributed by atoms with Crippen LogP contribution in [0.1, 0.15) is 37.1 Å². The molecule has 7 heteroatoms. The second kappa shape index (κ2) is 6.70. The van der Waals surface area contributed by atoms with Crippen molar-refractivity contribution in [3.05, 3.63) is 34.8 Å².